The van der Waals surface area contributed by atoms with Gasteiger partial charge >= 0.3 is 0 Å². The number of hydrogen-bond acceptors (Lipinski definition) is 1. The van der Waals surface area contributed by atoms with E-state index in [1.54, 1.807) is 13.0 Å². The van der Waals surface area contributed by atoms with Gasteiger partial charge in [-0.15, -0.1) is 0 Å². The van der Waals surface area contributed by atoms with Gasteiger partial charge in [-0.3, -0.25) is 0 Å². The summed E-state index contributed by atoms with van der Waals surface area (Å²) in [6.07, 6.45) is 0.962. The van der Waals surface area contributed by atoms with Crippen molar-refractivity contribution < 1.29 is 4.39 Å². The Bertz CT molecular complexity index is 294. The Morgan fingerprint density at radius 1 is 1.23 bits per heavy atom. The predicted octanol–water partition coefficient (Wildman–Crippen LogP) is 2.20. The summed E-state index contributed by atoms with van der Waals surface area (Å²) in [6.45, 7) is 4.69. The molecule has 72 valence electrons. The van der Waals surface area contributed by atoms with Gasteiger partial charge in [0.15, 0.2) is 0 Å². The fraction of sp³-hybridized carbons (Fsp3) is 0.455. The van der Waals surface area contributed by atoms with Gasteiger partial charge in [0.05, 0.1) is 0 Å². The van der Waals surface area contributed by atoms with Crippen LogP contribution in [0.2, 0.25) is 0 Å². The summed E-state index contributed by atoms with van der Waals surface area (Å²) in [7, 11) is 1.92. The second kappa shape index (κ2) is 4.38. The first-order chi connectivity index (χ1) is 6.15. The first-order valence-electron chi connectivity index (χ1n) is 4.55. The molecule has 1 aromatic carbocycles. The molecule has 0 aliphatic rings. The minimum atomic E-state index is -0.106. The number of nitrogens with one attached hydrogen (secondary N) is 1. The van der Waals surface area contributed by atoms with Crippen molar-refractivity contribution in [3.63, 3.8) is 0 Å². The molecule has 0 fully saturated rings. The van der Waals surface area contributed by atoms with Crippen molar-refractivity contribution in [2.75, 3.05) is 13.6 Å². The van der Waals surface area contributed by atoms with Crippen LogP contribution in [0.3, 0.4) is 0 Å². The summed E-state index contributed by atoms with van der Waals surface area (Å²) in [4.78, 5) is 0. The molecule has 0 spiro atoms. The maximum atomic E-state index is 13.1. The molecule has 2 heteroatoms. The summed E-state index contributed by atoms with van der Waals surface area (Å²) < 4.78 is 13.1. The minimum absolute atomic E-state index is 0.106. The average Bonchev–Trinajstić information content (AvgIpc) is 2.09. The minimum Gasteiger partial charge on any atom is -0.319 e. The topological polar surface area (TPSA) is 12.0 Å². The van der Waals surface area contributed by atoms with E-state index in [1.165, 1.54) is 5.56 Å². The fourth-order valence-electron chi connectivity index (χ4n) is 1.37. The summed E-state index contributed by atoms with van der Waals surface area (Å²) in [5.41, 5.74) is 3.00. The van der Waals surface area contributed by atoms with Gasteiger partial charge in [0.1, 0.15) is 5.82 Å². The standard InChI is InChI=1S/C11H16FN/c1-8-7-11(12)9(2)6-10(8)4-5-13-3/h6-7,13H,4-5H2,1-3H3. The third kappa shape index (κ3) is 2.52. The van der Waals surface area contributed by atoms with Gasteiger partial charge in [0.2, 0.25) is 0 Å². The van der Waals surface area contributed by atoms with Gasteiger partial charge in [-0.25, -0.2) is 4.39 Å². The van der Waals surface area contributed by atoms with Crippen LogP contribution in [0.15, 0.2) is 12.1 Å². The molecule has 1 rings (SSSR count). The van der Waals surface area contributed by atoms with Crippen molar-refractivity contribution in [3.05, 3.63) is 34.6 Å². The Kier molecular flexibility index (Phi) is 3.43. The van der Waals surface area contributed by atoms with Gasteiger partial charge in [-0.2, -0.15) is 0 Å². The van der Waals surface area contributed by atoms with E-state index in [2.05, 4.69) is 5.32 Å². The molecule has 1 nitrogen and oxygen atoms in total. The first-order valence-corrected chi connectivity index (χ1v) is 4.55. The van der Waals surface area contributed by atoms with Crippen molar-refractivity contribution in [1.29, 1.82) is 0 Å². The Morgan fingerprint density at radius 2 is 1.92 bits per heavy atom. The van der Waals surface area contributed by atoms with Crippen molar-refractivity contribution in [1.82, 2.24) is 5.32 Å². The maximum Gasteiger partial charge on any atom is 0.126 e. The second-order valence-corrected chi connectivity index (χ2v) is 3.38. The van der Waals surface area contributed by atoms with Crippen LogP contribution in [0, 0.1) is 19.7 Å². The maximum absolute atomic E-state index is 13.1. The molecule has 0 radical (unpaired) electrons. The molecule has 0 aliphatic heterocycles. The zero-order chi connectivity index (χ0) is 9.84. The highest BCUT2D eigenvalue weighted by molar-refractivity contribution is 5.31. The van der Waals surface area contributed by atoms with Crippen LogP contribution in [0.4, 0.5) is 4.39 Å². The molecular weight excluding hydrogens is 165 g/mol. The van der Waals surface area contributed by atoms with Gasteiger partial charge in [0, 0.05) is 0 Å². The van der Waals surface area contributed by atoms with Gasteiger partial charge in [0.25, 0.3) is 0 Å². The van der Waals surface area contributed by atoms with Gasteiger partial charge in [-0.05, 0) is 56.6 Å². The Hall–Kier alpha value is -0.890. The van der Waals surface area contributed by atoms with Crippen LogP contribution in [0.25, 0.3) is 0 Å². The van der Waals surface area contributed by atoms with E-state index < -0.39 is 0 Å². The quantitative estimate of drug-likeness (QED) is 0.753. The summed E-state index contributed by atoms with van der Waals surface area (Å²) >= 11 is 0. The van der Waals surface area contributed by atoms with E-state index in [-0.39, 0.29) is 5.82 Å². The van der Waals surface area contributed by atoms with Crippen molar-refractivity contribution in [2.45, 2.75) is 20.3 Å². The van der Waals surface area contributed by atoms with E-state index in [0.29, 0.717) is 0 Å². The molecule has 0 aliphatic carbocycles. The fourth-order valence-corrected chi connectivity index (χ4v) is 1.37. The van der Waals surface area contributed by atoms with E-state index in [4.69, 9.17) is 0 Å². The van der Waals surface area contributed by atoms with Crippen molar-refractivity contribution in [3.8, 4) is 0 Å². The first kappa shape index (κ1) is 10.2. The van der Waals surface area contributed by atoms with Crippen molar-refractivity contribution >= 4 is 0 Å². The molecule has 1 N–H and O–H groups in total. The number of likely N-dealkylation sites (N-methyl/N-ethyl adjacent to an activating group) is 1. The molecule has 0 saturated heterocycles. The monoisotopic (exact) mass is 181 g/mol. The highest BCUT2D eigenvalue weighted by Gasteiger charge is 2.02. The van der Waals surface area contributed by atoms with E-state index in [9.17, 15) is 4.39 Å². The largest absolute Gasteiger partial charge is 0.319 e. The molecule has 0 heterocycles. The lowest BCUT2D eigenvalue weighted by Crippen LogP contribution is -2.11. The van der Waals surface area contributed by atoms with Crippen molar-refractivity contribution in [2.24, 2.45) is 0 Å². The molecule has 0 atom stereocenters. The lowest BCUT2D eigenvalue weighted by Gasteiger charge is -2.07. The number of benzene rings is 1. The average molecular weight is 181 g/mol. The Labute approximate surface area is 79.0 Å². The highest BCUT2D eigenvalue weighted by atomic mass is 19.1. The number of halogens is 1. The lowest BCUT2D eigenvalue weighted by atomic mass is 10.0. The van der Waals surface area contributed by atoms with Crippen LogP contribution in [-0.2, 0) is 6.42 Å². The number of rotatable bonds is 3. The molecular formula is C11H16FN. The van der Waals surface area contributed by atoms with Crippen LogP contribution < -0.4 is 5.32 Å². The molecule has 1 aromatic rings. The number of aryl methyl sites for hydroxylation is 2. The SMILES string of the molecule is CNCCc1cc(C)c(F)cc1C. The predicted molar refractivity (Wildman–Crippen MR) is 53.5 cm³/mol. The van der Waals surface area contributed by atoms with Crippen LogP contribution >= 0.6 is 0 Å². The zero-order valence-corrected chi connectivity index (χ0v) is 8.45. The third-order valence-electron chi connectivity index (χ3n) is 2.26. The molecule has 0 amide bonds. The molecule has 0 bridgehead atoms. The lowest BCUT2D eigenvalue weighted by molar-refractivity contribution is 0.615. The summed E-state index contributed by atoms with van der Waals surface area (Å²) in [6, 6.07) is 3.54. The second-order valence-electron chi connectivity index (χ2n) is 3.38. The molecule has 0 saturated carbocycles. The normalized spacial score (nSPS) is 10.5. The van der Waals surface area contributed by atoms with E-state index in [1.807, 2.05) is 20.0 Å². The third-order valence-corrected chi connectivity index (χ3v) is 2.26. The van der Waals surface area contributed by atoms with Crippen LogP contribution in [0.5, 0.6) is 0 Å². The highest BCUT2D eigenvalue weighted by Crippen LogP contribution is 2.14. The van der Waals surface area contributed by atoms with Crippen LogP contribution in [0.1, 0.15) is 16.7 Å². The van der Waals surface area contributed by atoms with Gasteiger partial charge < -0.3 is 5.32 Å². The number of hydrogen-bond donors (Lipinski definition) is 1. The van der Waals surface area contributed by atoms with Crippen LogP contribution in [-0.4, -0.2) is 13.6 Å². The van der Waals surface area contributed by atoms with E-state index >= 15 is 0 Å². The summed E-state index contributed by atoms with van der Waals surface area (Å²) in [5.74, 6) is -0.106. The Balaban J connectivity index is 2.88. The Morgan fingerprint density at radius 3 is 2.54 bits per heavy atom. The molecule has 0 unspecified atom stereocenters. The summed E-state index contributed by atoms with van der Waals surface area (Å²) in [5, 5.41) is 3.08. The molecule has 0 aromatic heterocycles. The van der Waals surface area contributed by atoms with Gasteiger partial charge in [-0.1, -0.05) is 6.07 Å². The molecule has 13 heavy (non-hydrogen) atoms. The smallest absolute Gasteiger partial charge is 0.126 e. The zero-order valence-electron chi connectivity index (χ0n) is 8.45. The van der Waals surface area contributed by atoms with E-state index in [0.717, 1.165) is 24.1 Å².